The molecule has 2 heterocycles. The Kier molecular flexibility index (Phi) is 4.14. The first-order valence-electron chi connectivity index (χ1n) is 7.94. The minimum absolute atomic E-state index is 0.0552. The summed E-state index contributed by atoms with van der Waals surface area (Å²) in [5.41, 5.74) is 1.67. The van der Waals surface area contributed by atoms with E-state index in [-0.39, 0.29) is 17.8 Å². The monoisotopic (exact) mass is 377 g/mol. The minimum atomic E-state index is -4.37. The van der Waals surface area contributed by atoms with Gasteiger partial charge in [-0.15, -0.1) is 11.8 Å². The van der Waals surface area contributed by atoms with Crippen molar-refractivity contribution in [3.63, 3.8) is 0 Å². The molecular formula is C18H14F3N3OS. The van der Waals surface area contributed by atoms with Gasteiger partial charge in [-0.25, -0.2) is 4.98 Å². The second-order valence-corrected chi connectivity index (χ2v) is 7.07. The third-order valence-electron chi connectivity index (χ3n) is 4.25. The van der Waals surface area contributed by atoms with Crippen molar-refractivity contribution in [2.24, 2.45) is 0 Å². The lowest BCUT2D eigenvalue weighted by Gasteiger charge is -2.23. The van der Waals surface area contributed by atoms with Crippen LogP contribution in [-0.2, 0) is 17.5 Å². The lowest BCUT2D eigenvalue weighted by atomic mass is 10.1. The molecule has 1 aromatic heterocycles. The fourth-order valence-electron chi connectivity index (χ4n) is 2.98. The largest absolute Gasteiger partial charge is 0.416 e. The summed E-state index contributed by atoms with van der Waals surface area (Å²) in [5.74, 6) is 0.894. The molecule has 26 heavy (non-hydrogen) atoms. The summed E-state index contributed by atoms with van der Waals surface area (Å²) in [4.78, 5) is 21.6. The highest BCUT2D eigenvalue weighted by molar-refractivity contribution is 8.00. The first kappa shape index (κ1) is 17.0. The normalized spacial score (nSPS) is 18.0. The zero-order valence-electron chi connectivity index (χ0n) is 13.5. The number of imidazole rings is 1. The Hall–Kier alpha value is -2.48. The Bertz CT molecular complexity index is 919. The maximum absolute atomic E-state index is 12.7. The van der Waals surface area contributed by atoms with Crippen LogP contribution in [0.5, 0.6) is 0 Å². The van der Waals surface area contributed by atoms with Gasteiger partial charge in [0.05, 0.1) is 28.9 Å². The molecule has 0 saturated carbocycles. The number of halogens is 3. The molecule has 0 radical (unpaired) electrons. The van der Waals surface area contributed by atoms with E-state index in [9.17, 15) is 18.0 Å². The summed E-state index contributed by atoms with van der Waals surface area (Å²) >= 11 is 1.40. The Morgan fingerprint density at radius 2 is 1.88 bits per heavy atom. The number of rotatable bonds is 3. The summed E-state index contributed by atoms with van der Waals surface area (Å²) in [6.45, 7) is 0.284. The number of para-hydroxylation sites is 2. The molecule has 1 amide bonds. The van der Waals surface area contributed by atoms with E-state index in [1.54, 1.807) is 4.90 Å². The third-order valence-corrected chi connectivity index (χ3v) is 5.51. The molecular weight excluding hydrogens is 363 g/mol. The zero-order valence-corrected chi connectivity index (χ0v) is 14.3. The van der Waals surface area contributed by atoms with Crippen molar-refractivity contribution in [2.75, 3.05) is 5.75 Å². The van der Waals surface area contributed by atoms with Crippen molar-refractivity contribution >= 4 is 28.7 Å². The molecule has 0 spiro atoms. The fourth-order valence-corrected chi connectivity index (χ4v) is 4.17. The minimum Gasteiger partial charge on any atom is -0.340 e. The summed E-state index contributed by atoms with van der Waals surface area (Å²) < 4.78 is 38.2. The average Bonchev–Trinajstić information content (AvgIpc) is 3.18. The first-order valence-corrected chi connectivity index (χ1v) is 8.98. The van der Waals surface area contributed by atoms with E-state index in [2.05, 4.69) is 9.97 Å². The van der Waals surface area contributed by atoms with E-state index in [4.69, 9.17) is 0 Å². The van der Waals surface area contributed by atoms with E-state index in [1.807, 2.05) is 24.3 Å². The van der Waals surface area contributed by atoms with Gasteiger partial charge in [0, 0.05) is 0 Å². The van der Waals surface area contributed by atoms with Crippen LogP contribution in [0.1, 0.15) is 22.3 Å². The van der Waals surface area contributed by atoms with Crippen LogP contribution in [0.15, 0.2) is 48.5 Å². The number of benzene rings is 2. The lowest BCUT2D eigenvalue weighted by Crippen LogP contribution is -2.28. The van der Waals surface area contributed by atoms with Gasteiger partial charge in [-0.1, -0.05) is 24.3 Å². The second kappa shape index (κ2) is 6.35. The Labute approximate surface area is 151 Å². The molecule has 4 nitrogen and oxygen atoms in total. The highest BCUT2D eigenvalue weighted by Crippen LogP contribution is 2.40. The molecule has 1 aliphatic heterocycles. The summed E-state index contributed by atoms with van der Waals surface area (Å²) in [6, 6.07) is 12.5. The van der Waals surface area contributed by atoms with Crippen LogP contribution in [-0.4, -0.2) is 26.5 Å². The maximum atomic E-state index is 12.7. The number of fused-ring (bicyclic) bond motifs is 1. The molecule has 1 aliphatic rings. The van der Waals surface area contributed by atoms with Gasteiger partial charge >= 0.3 is 6.18 Å². The average molecular weight is 377 g/mol. The number of aromatic amines is 1. The molecule has 1 atom stereocenters. The van der Waals surface area contributed by atoms with Gasteiger partial charge in [-0.2, -0.15) is 13.2 Å². The predicted molar refractivity (Wildman–Crippen MR) is 93.3 cm³/mol. The summed E-state index contributed by atoms with van der Waals surface area (Å²) in [7, 11) is 0. The maximum Gasteiger partial charge on any atom is 0.416 e. The zero-order chi connectivity index (χ0) is 18.3. The van der Waals surface area contributed by atoms with Crippen molar-refractivity contribution in [1.29, 1.82) is 0 Å². The van der Waals surface area contributed by atoms with Crippen molar-refractivity contribution in [3.05, 3.63) is 65.5 Å². The molecule has 1 unspecified atom stereocenters. The van der Waals surface area contributed by atoms with E-state index in [0.29, 0.717) is 17.1 Å². The van der Waals surface area contributed by atoms with Crippen molar-refractivity contribution in [3.8, 4) is 0 Å². The van der Waals surface area contributed by atoms with Gasteiger partial charge in [0.25, 0.3) is 0 Å². The van der Waals surface area contributed by atoms with Crippen LogP contribution in [0, 0.1) is 0 Å². The molecule has 0 bridgehead atoms. The number of hydrogen-bond donors (Lipinski definition) is 1. The van der Waals surface area contributed by atoms with Crippen molar-refractivity contribution < 1.29 is 18.0 Å². The number of aromatic nitrogens is 2. The van der Waals surface area contributed by atoms with Crippen LogP contribution in [0.4, 0.5) is 13.2 Å². The van der Waals surface area contributed by atoms with E-state index in [0.717, 1.165) is 23.2 Å². The van der Waals surface area contributed by atoms with Gasteiger partial charge in [0.15, 0.2) is 0 Å². The van der Waals surface area contributed by atoms with Crippen LogP contribution < -0.4 is 0 Å². The second-order valence-electron chi connectivity index (χ2n) is 6.01. The smallest absolute Gasteiger partial charge is 0.340 e. The van der Waals surface area contributed by atoms with E-state index in [1.165, 1.54) is 23.9 Å². The molecule has 2 aromatic carbocycles. The number of H-pyrrole nitrogens is 1. The SMILES string of the molecule is O=C1CSC(c2ccc(C(F)(F)F)cc2)N1Cc1nc2ccccc2[nH]1. The lowest BCUT2D eigenvalue weighted by molar-refractivity contribution is -0.137. The molecule has 0 aliphatic carbocycles. The van der Waals surface area contributed by atoms with Crippen LogP contribution in [0.25, 0.3) is 11.0 Å². The highest BCUT2D eigenvalue weighted by Gasteiger charge is 2.35. The number of hydrogen-bond acceptors (Lipinski definition) is 3. The van der Waals surface area contributed by atoms with Gasteiger partial charge in [0.2, 0.25) is 5.91 Å². The standard InChI is InChI=1S/C18H14F3N3OS/c19-18(20,21)12-7-5-11(6-8-12)17-24(16(25)10-26-17)9-15-22-13-3-1-2-4-14(13)23-15/h1-8,17H,9-10H2,(H,22,23). The number of carbonyl (C=O) groups excluding carboxylic acids is 1. The Morgan fingerprint density at radius 1 is 1.15 bits per heavy atom. The van der Waals surface area contributed by atoms with Crippen LogP contribution in [0.3, 0.4) is 0 Å². The number of alkyl halides is 3. The van der Waals surface area contributed by atoms with Gasteiger partial charge in [-0.3, -0.25) is 4.79 Å². The third kappa shape index (κ3) is 3.16. The number of amides is 1. The van der Waals surface area contributed by atoms with E-state index >= 15 is 0 Å². The Morgan fingerprint density at radius 3 is 2.58 bits per heavy atom. The number of nitrogens with zero attached hydrogens (tertiary/aromatic N) is 2. The molecule has 8 heteroatoms. The van der Waals surface area contributed by atoms with Crippen LogP contribution >= 0.6 is 11.8 Å². The fraction of sp³-hybridized carbons (Fsp3) is 0.222. The summed E-state index contributed by atoms with van der Waals surface area (Å²) in [6.07, 6.45) is -4.37. The predicted octanol–water partition coefficient (Wildman–Crippen LogP) is 4.36. The van der Waals surface area contributed by atoms with Gasteiger partial charge < -0.3 is 9.88 Å². The molecule has 3 aromatic rings. The molecule has 1 fully saturated rings. The topological polar surface area (TPSA) is 49.0 Å². The molecule has 4 rings (SSSR count). The van der Waals surface area contributed by atoms with Crippen LogP contribution in [0.2, 0.25) is 0 Å². The molecule has 1 saturated heterocycles. The number of carbonyl (C=O) groups is 1. The number of nitrogens with one attached hydrogen (secondary N) is 1. The number of thioether (sulfide) groups is 1. The Balaban J connectivity index is 1.59. The van der Waals surface area contributed by atoms with Gasteiger partial charge in [0.1, 0.15) is 11.2 Å². The van der Waals surface area contributed by atoms with Crippen molar-refractivity contribution in [1.82, 2.24) is 14.9 Å². The highest BCUT2D eigenvalue weighted by atomic mass is 32.2. The molecule has 1 N–H and O–H groups in total. The quantitative estimate of drug-likeness (QED) is 0.738. The van der Waals surface area contributed by atoms with Crippen molar-refractivity contribution in [2.45, 2.75) is 18.1 Å². The first-order chi connectivity index (χ1) is 12.4. The van der Waals surface area contributed by atoms with Gasteiger partial charge in [-0.05, 0) is 29.8 Å². The van der Waals surface area contributed by atoms with E-state index < -0.39 is 11.7 Å². The molecule has 134 valence electrons. The summed E-state index contributed by atoms with van der Waals surface area (Å²) in [5, 5.41) is -0.321.